The zero-order valence-electron chi connectivity index (χ0n) is 18.8. The smallest absolute Gasteiger partial charge is 0.293 e. The van der Waals surface area contributed by atoms with E-state index in [9.17, 15) is 4.79 Å². The molecule has 1 aliphatic rings. The highest BCUT2D eigenvalue weighted by Crippen LogP contribution is 2.29. The van der Waals surface area contributed by atoms with Crippen LogP contribution < -0.4 is 9.64 Å². The predicted octanol–water partition coefficient (Wildman–Crippen LogP) is 4.56. The zero-order valence-corrected chi connectivity index (χ0v) is 19.5. The number of para-hydroxylation sites is 3. The van der Waals surface area contributed by atoms with Crippen LogP contribution in [0.1, 0.15) is 10.6 Å². The third-order valence-corrected chi connectivity index (χ3v) is 6.22. The molecule has 3 aromatic carbocycles. The molecule has 0 radical (unpaired) electrons. The van der Waals surface area contributed by atoms with Crippen LogP contribution in [0.25, 0.3) is 17.1 Å². The summed E-state index contributed by atoms with van der Waals surface area (Å²) in [5.41, 5.74) is 2.56. The van der Waals surface area contributed by atoms with Crippen molar-refractivity contribution in [2.75, 3.05) is 38.2 Å². The standard InChI is InChI=1S/C26H24ClN5O2/c1-34-23-14-8-7-13-22(23)30-15-17-31(18-16-30)26(33)24-28-25(19-9-3-2-4-10-19)32(29-24)21-12-6-5-11-20(21)27/h2-14H,15-18H2,1H3. The Hall–Kier alpha value is -3.84. The van der Waals surface area contributed by atoms with Crippen molar-refractivity contribution < 1.29 is 9.53 Å². The van der Waals surface area contributed by atoms with Crippen LogP contribution in [-0.2, 0) is 0 Å². The maximum Gasteiger partial charge on any atom is 0.293 e. The van der Waals surface area contributed by atoms with Gasteiger partial charge in [-0.15, -0.1) is 5.10 Å². The van der Waals surface area contributed by atoms with Crippen LogP contribution in [0.2, 0.25) is 5.02 Å². The number of methoxy groups -OCH3 is 1. The van der Waals surface area contributed by atoms with E-state index in [1.807, 2.05) is 72.8 Å². The lowest BCUT2D eigenvalue weighted by Gasteiger charge is -2.36. The summed E-state index contributed by atoms with van der Waals surface area (Å²) >= 11 is 6.45. The molecule has 2 heterocycles. The number of aromatic nitrogens is 3. The van der Waals surface area contributed by atoms with Gasteiger partial charge < -0.3 is 14.5 Å². The number of benzene rings is 3. The number of anilines is 1. The Morgan fingerprint density at radius 3 is 2.21 bits per heavy atom. The Morgan fingerprint density at radius 1 is 0.853 bits per heavy atom. The number of nitrogens with zero attached hydrogens (tertiary/aromatic N) is 5. The average molecular weight is 474 g/mol. The van der Waals surface area contributed by atoms with E-state index in [-0.39, 0.29) is 11.7 Å². The lowest BCUT2D eigenvalue weighted by atomic mass is 10.2. The van der Waals surface area contributed by atoms with Crippen molar-refractivity contribution in [1.29, 1.82) is 0 Å². The van der Waals surface area contributed by atoms with Crippen LogP contribution in [-0.4, -0.2) is 58.9 Å². The van der Waals surface area contributed by atoms with Gasteiger partial charge in [0.2, 0.25) is 5.82 Å². The van der Waals surface area contributed by atoms with E-state index in [0.29, 0.717) is 42.7 Å². The van der Waals surface area contributed by atoms with Gasteiger partial charge in [-0.2, -0.15) is 0 Å². The van der Waals surface area contributed by atoms with Crippen LogP contribution in [0, 0.1) is 0 Å². The Bertz CT molecular complexity index is 1300. The fourth-order valence-electron chi connectivity index (χ4n) is 4.15. The molecule has 0 atom stereocenters. The van der Waals surface area contributed by atoms with Crippen molar-refractivity contribution in [1.82, 2.24) is 19.7 Å². The molecule has 0 bridgehead atoms. The molecule has 1 aliphatic heterocycles. The quantitative estimate of drug-likeness (QED) is 0.425. The van der Waals surface area contributed by atoms with Gasteiger partial charge in [0.25, 0.3) is 5.91 Å². The van der Waals surface area contributed by atoms with Crippen LogP contribution >= 0.6 is 11.6 Å². The molecule has 1 saturated heterocycles. The van der Waals surface area contributed by atoms with E-state index in [1.165, 1.54) is 0 Å². The molecule has 0 N–H and O–H groups in total. The van der Waals surface area contributed by atoms with Crippen LogP contribution in [0.15, 0.2) is 78.9 Å². The first kappa shape index (κ1) is 22.0. The lowest BCUT2D eigenvalue weighted by Crippen LogP contribution is -2.49. The topological polar surface area (TPSA) is 63.5 Å². The van der Waals surface area contributed by atoms with E-state index in [2.05, 4.69) is 15.0 Å². The summed E-state index contributed by atoms with van der Waals surface area (Å²) in [5, 5.41) is 5.13. The Balaban J connectivity index is 1.41. The third-order valence-electron chi connectivity index (χ3n) is 5.90. The second-order valence-corrected chi connectivity index (χ2v) is 8.35. The molecule has 7 nitrogen and oxygen atoms in total. The van der Waals surface area contributed by atoms with Crippen LogP contribution in [0.5, 0.6) is 5.75 Å². The molecule has 1 aromatic heterocycles. The maximum atomic E-state index is 13.4. The minimum absolute atomic E-state index is 0.157. The summed E-state index contributed by atoms with van der Waals surface area (Å²) in [5.74, 6) is 1.37. The van der Waals surface area contributed by atoms with Crippen molar-refractivity contribution in [2.45, 2.75) is 0 Å². The molecule has 1 fully saturated rings. The largest absolute Gasteiger partial charge is 0.495 e. The first-order valence-corrected chi connectivity index (χ1v) is 11.5. The van der Waals surface area contributed by atoms with Crippen molar-refractivity contribution in [3.63, 3.8) is 0 Å². The number of amides is 1. The van der Waals surface area contributed by atoms with E-state index in [1.54, 1.807) is 22.8 Å². The lowest BCUT2D eigenvalue weighted by molar-refractivity contribution is 0.0734. The number of halogens is 1. The van der Waals surface area contributed by atoms with Gasteiger partial charge in [-0.3, -0.25) is 4.79 Å². The van der Waals surface area contributed by atoms with Crippen LogP contribution in [0.4, 0.5) is 5.69 Å². The summed E-state index contributed by atoms with van der Waals surface area (Å²) in [6.07, 6.45) is 0. The fraction of sp³-hybridized carbons (Fsp3) is 0.192. The van der Waals surface area contributed by atoms with Crippen molar-refractivity contribution in [3.8, 4) is 22.8 Å². The molecule has 0 saturated carbocycles. The summed E-state index contributed by atoms with van der Waals surface area (Å²) < 4.78 is 7.14. The summed E-state index contributed by atoms with van der Waals surface area (Å²) in [6.45, 7) is 2.53. The third kappa shape index (κ3) is 4.22. The van der Waals surface area contributed by atoms with E-state index in [0.717, 1.165) is 17.0 Å². The van der Waals surface area contributed by atoms with E-state index in [4.69, 9.17) is 16.3 Å². The molecule has 0 unspecified atom stereocenters. The highest BCUT2D eigenvalue weighted by Gasteiger charge is 2.28. The second-order valence-electron chi connectivity index (χ2n) is 7.94. The molecule has 34 heavy (non-hydrogen) atoms. The van der Waals surface area contributed by atoms with Crippen molar-refractivity contribution in [3.05, 3.63) is 89.7 Å². The summed E-state index contributed by atoms with van der Waals surface area (Å²) in [4.78, 5) is 22.1. The van der Waals surface area contributed by atoms with Crippen molar-refractivity contribution in [2.24, 2.45) is 0 Å². The SMILES string of the molecule is COc1ccccc1N1CCN(C(=O)c2nc(-c3ccccc3)n(-c3ccccc3Cl)n2)CC1. The van der Waals surface area contributed by atoms with Crippen LogP contribution in [0.3, 0.4) is 0 Å². The highest BCUT2D eigenvalue weighted by atomic mass is 35.5. The molecule has 0 spiro atoms. The average Bonchev–Trinajstić information content (AvgIpc) is 3.34. The number of piperazine rings is 1. The number of hydrogen-bond acceptors (Lipinski definition) is 5. The number of carbonyl (C=O) groups excluding carboxylic acids is 1. The Labute approximate surface area is 203 Å². The predicted molar refractivity (Wildman–Crippen MR) is 133 cm³/mol. The zero-order chi connectivity index (χ0) is 23.5. The normalized spacial score (nSPS) is 13.7. The Morgan fingerprint density at radius 2 is 1.50 bits per heavy atom. The van der Waals surface area contributed by atoms with Gasteiger partial charge in [-0.25, -0.2) is 9.67 Å². The molecular formula is C26H24ClN5O2. The molecule has 172 valence electrons. The second kappa shape index (κ2) is 9.57. The molecule has 0 aliphatic carbocycles. The number of carbonyl (C=O) groups is 1. The van der Waals surface area contributed by atoms with Gasteiger partial charge >= 0.3 is 0 Å². The Kier molecular flexibility index (Phi) is 6.18. The maximum absolute atomic E-state index is 13.4. The van der Waals surface area contributed by atoms with E-state index >= 15 is 0 Å². The molecular weight excluding hydrogens is 450 g/mol. The van der Waals surface area contributed by atoms with Gasteiger partial charge in [0, 0.05) is 31.7 Å². The van der Waals surface area contributed by atoms with Crippen molar-refractivity contribution >= 4 is 23.2 Å². The molecule has 1 amide bonds. The molecule has 8 heteroatoms. The molecule has 5 rings (SSSR count). The van der Waals surface area contributed by atoms with E-state index < -0.39 is 0 Å². The summed E-state index contributed by atoms with van der Waals surface area (Å²) in [7, 11) is 1.67. The fourth-order valence-corrected chi connectivity index (χ4v) is 4.37. The minimum Gasteiger partial charge on any atom is -0.495 e. The minimum atomic E-state index is -0.192. The summed E-state index contributed by atoms with van der Waals surface area (Å²) in [6, 6.07) is 25.0. The van der Waals surface area contributed by atoms with Gasteiger partial charge in [0.05, 0.1) is 23.5 Å². The number of hydrogen-bond donors (Lipinski definition) is 0. The molecule has 4 aromatic rings. The van der Waals surface area contributed by atoms with Gasteiger partial charge in [-0.05, 0) is 24.3 Å². The first-order chi connectivity index (χ1) is 16.7. The number of ether oxygens (including phenoxy) is 1. The first-order valence-electron chi connectivity index (χ1n) is 11.1. The van der Waals surface area contributed by atoms with Gasteiger partial charge in [0.1, 0.15) is 5.75 Å². The highest BCUT2D eigenvalue weighted by molar-refractivity contribution is 6.32. The van der Waals surface area contributed by atoms with Gasteiger partial charge in [0.15, 0.2) is 5.82 Å². The monoisotopic (exact) mass is 473 g/mol. The number of rotatable bonds is 5. The van der Waals surface area contributed by atoms with Gasteiger partial charge in [-0.1, -0.05) is 66.2 Å².